The molecule has 0 aliphatic heterocycles. The van der Waals surface area contributed by atoms with E-state index in [1.807, 2.05) is 46.9 Å². The Morgan fingerprint density at radius 3 is 1.90 bits per heavy atom. The zero-order valence-electron chi connectivity index (χ0n) is 13.7. The van der Waals surface area contributed by atoms with Gasteiger partial charge in [-0.2, -0.15) is 0 Å². The Labute approximate surface area is 129 Å². The van der Waals surface area contributed by atoms with Crippen LogP contribution in [0.5, 0.6) is 0 Å². The van der Waals surface area contributed by atoms with Crippen LogP contribution in [0.2, 0.25) is 0 Å². The molecule has 4 nitrogen and oxygen atoms in total. The van der Waals surface area contributed by atoms with Crippen molar-refractivity contribution in [3.63, 3.8) is 0 Å². The largest absolute Gasteiger partial charge is 0.313 e. The van der Waals surface area contributed by atoms with Crippen molar-refractivity contribution >= 4 is 10.0 Å². The van der Waals surface area contributed by atoms with Crippen molar-refractivity contribution in [1.29, 1.82) is 0 Å². The standard InChI is InChI=1S/C16H28N2O2S/c1-6-16(7-2,8-3)18-21(19,20)15-11-9-14(10-12-15)13(4)17-5/h9-13,17-18H,6-8H2,1-5H3. The molecule has 21 heavy (non-hydrogen) atoms. The first-order chi connectivity index (χ1) is 9.84. The number of benzene rings is 1. The molecule has 0 bridgehead atoms. The Morgan fingerprint density at radius 1 is 1.05 bits per heavy atom. The second-order valence-corrected chi connectivity index (χ2v) is 7.21. The lowest BCUT2D eigenvalue weighted by atomic mass is 9.91. The maximum atomic E-state index is 12.5. The SMILES string of the molecule is CCC(CC)(CC)NS(=O)(=O)c1ccc(C(C)NC)cc1. The summed E-state index contributed by atoms with van der Waals surface area (Å²) in [6.07, 6.45) is 2.36. The van der Waals surface area contributed by atoms with Gasteiger partial charge in [-0.15, -0.1) is 0 Å². The van der Waals surface area contributed by atoms with Crippen LogP contribution in [0.3, 0.4) is 0 Å². The molecule has 0 radical (unpaired) electrons. The second kappa shape index (κ2) is 7.38. The van der Waals surface area contributed by atoms with Gasteiger partial charge in [-0.05, 0) is 50.9 Å². The fourth-order valence-corrected chi connectivity index (χ4v) is 4.03. The summed E-state index contributed by atoms with van der Waals surface area (Å²) in [7, 11) is -1.59. The molecule has 0 amide bonds. The third-order valence-electron chi connectivity index (χ3n) is 4.50. The summed E-state index contributed by atoms with van der Waals surface area (Å²) in [5.41, 5.74) is 0.722. The van der Waals surface area contributed by atoms with Gasteiger partial charge in [0, 0.05) is 11.6 Å². The van der Waals surface area contributed by atoms with Gasteiger partial charge < -0.3 is 5.32 Å². The number of nitrogens with one attached hydrogen (secondary N) is 2. The molecule has 1 atom stereocenters. The quantitative estimate of drug-likeness (QED) is 0.775. The van der Waals surface area contributed by atoms with E-state index in [-0.39, 0.29) is 11.6 Å². The van der Waals surface area contributed by atoms with Crippen LogP contribution in [0.15, 0.2) is 29.2 Å². The van der Waals surface area contributed by atoms with Crippen molar-refractivity contribution in [3.8, 4) is 0 Å². The summed E-state index contributed by atoms with van der Waals surface area (Å²) in [5, 5.41) is 3.14. The molecule has 1 unspecified atom stereocenters. The summed E-state index contributed by atoms with van der Waals surface area (Å²) in [6, 6.07) is 7.28. The van der Waals surface area contributed by atoms with Crippen molar-refractivity contribution in [2.24, 2.45) is 0 Å². The minimum atomic E-state index is -3.47. The zero-order chi connectivity index (χ0) is 16.1. The summed E-state index contributed by atoms with van der Waals surface area (Å²) < 4.78 is 28.0. The maximum absolute atomic E-state index is 12.5. The highest BCUT2D eigenvalue weighted by Gasteiger charge is 2.30. The Bertz CT molecular complexity index is 526. The molecule has 0 aromatic heterocycles. The number of hydrogen-bond donors (Lipinski definition) is 2. The van der Waals surface area contributed by atoms with Gasteiger partial charge in [0.05, 0.1) is 4.90 Å². The Balaban J connectivity index is 3.03. The Hall–Kier alpha value is -0.910. The van der Waals surface area contributed by atoms with E-state index < -0.39 is 10.0 Å². The van der Waals surface area contributed by atoms with Gasteiger partial charge in [0.15, 0.2) is 0 Å². The monoisotopic (exact) mass is 312 g/mol. The van der Waals surface area contributed by atoms with Crippen LogP contribution in [0.4, 0.5) is 0 Å². The average Bonchev–Trinajstić information content (AvgIpc) is 2.52. The average molecular weight is 312 g/mol. The smallest absolute Gasteiger partial charge is 0.241 e. The fourth-order valence-electron chi connectivity index (χ4n) is 2.41. The van der Waals surface area contributed by atoms with E-state index in [1.165, 1.54) is 0 Å². The van der Waals surface area contributed by atoms with Crippen LogP contribution in [-0.4, -0.2) is 21.0 Å². The first-order valence-electron chi connectivity index (χ1n) is 7.65. The molecule has 0 saturated carbocycles. The number of hydrogen-bond acceptors (Lipinski definition) is 3. The van der Waals surface area contributed by atoms with E-state index in [4.69, 9.17) is 0 Å². The summed E-state index contributed by atoms with van der Waals surface area (Å²) >= 11 is 0. The topological polar surface area (TPSA) is 58.2 Å². The highest BCUT2D eigenvalue weighted by molar-refractivity contribution is 7.89. The third kappa shape index (κ3) is 4.28. The van der Waals surface area contributed by atoms with Crippen molar-refractivity contribution in [2.45, 2.75) is 63.4 Å². The van der Waals surface area contributed by atoms with Crippen LogP contribution in [0, 0.1) is 0 Å². The van der Waals surface area contributed by atoms with Crippen molar-refractivity contribution in [1.82, 2.24) is 10.0 Å². The van der Waals surface area contributed by atoms with Crippen molar-refractivity contribution < 1.29 is 8.42 Å². The Kier molecular flexibility index (Phi) is 6.38. The third-order valence-corrected chi connectivity index (χ3v) is 6.10. The summed E-state index contributed by atoms with van der Waals surface area (Å²) in [6.45, 7) is 8.10. The molecular weight excluding hydrogens is 284 g/mol. The van der Waals surface area contributed by atoms with E-state index in [9.17, 15) is 8.42 Å². The molecule has 2 N–H and O–H groups in total. The number of sulfonamides is 1. The molecule has 5 heteroatoms. The van der Waals surface area contributed by atoms with Gasteiger partial charge in [0.25, 0.3) is 0 Å². The lowest BCUT2D eigenvalue weighted by Gasteiger charge is -2.31. The minimum Gasteiger partial charge on any atom is -0.313 e. The van der Waals surface area contributed by atoms with Crippen LogP contribution in [0.1, 0.15) is 58.6 Å². The second-order valence-electron chi connectivity index (χ2n) is 5.53. The van der Waals surface area contributed by atoms with Crippen LogP contribution >= 0.6 is 0 Å². The molecule has 1 rings (SSSR count). The summed E-state index contributed by atoms with van der Waals surface area (Å²) in [4.78, 5) is 0.328. The molecule has 1 aromatic rings. The van der Waals surface area contributed by atoms with E-state index in [0.717, 1.165) is 24.8 Å². The fraction of sp³-hybridized carbons (Fsp3) is 0.625. The highest BCUT2D eigenvalue weighted by Crippen LogP contribution is 2.23. The van der Waals surface area contributed by atoms with Crippen LogP contribution in [-0.2, 0) is 10.0 Å². The lowest BCUT2D eigenvalue weighted by molar-refractivity contribution is 0.341. The first kappa shape index (κ1) is 18.1. The van der Waals surface area contributed by atoms with Crippen LogP contribution in [0.25, 0.3) is 0 Å². The Morgan fingerprint density at radius 2 is 1.52 bits per heavy atom. The molecule has 0 spiro atoms. The molecule has 0 aliphatic carbocycles. The van der Waals surface area contributed by atoms with Crippen molar-refractivity contribution in [2.75, 3.05) is 7.05 Å². The van der Waals surface area contributed by atoms with Gasteiger partial charge in [0.2, 0.25) is 10.0 Å². The van der Waals surface area contributed by atoms with E-state index >= 15 is 0 Å². The zero-order valence-corrected chi connectivity index (χ0v) is 14.5. The molecule has 0 aliphatic rings. The maximum Gasteiger partial charge on any atom is 0.241 e. The highest BCUT2D eigenvalue weighted by atomic mass is 32.2. The van der Waals surface area contributed by atoms with Gasteiger partial charge in [0.1, 0.15) is 0 Å². The molecule has 0 fully saturated rings. The van der Waals surface area contributed by atoms with E-state index in [2.05, 4.69) is 10.0 Å². The first-order valence-corrected chi connectivity index (χ1v) is 9.13. The molecule has 1 aromatic carbocycles. The molecular formula is C16H28N2O2S. The molecule has 0 saturated heterocycles. The summed E-state index contributed by atoms with van der Waals surface area (Å²) in [5.74, 6) is 0. The van der Waals surface area contributed by atoms with E-state index in [1.54, 1.807) is 12.1 Å². The van der Waals surface area contributed by atoms with Gasteiger partial charge in [-0.3, -0.25) is 0 Å². The van der Waals surface area contributed by atoms with Gasteiger partial charge in [-0.1, -0.05) is 32.9 Å². The minimum absolute atomic E-state index is 0.204. The van der Waals surface area contributed by atoms with Gasteiger partial charge in [-0.25, -0.2) is 13.1 Å². The molecule has 0 heterocycles. The van der Waals surface area contributed by atoms with Crippen LogP contribution < -0.4 is 10.0 Å². The predicted molar refractivity (Wildman–Crippen MR) is 87.8 cm³/mol. The predicted octanol–water partition coefficient (Wildman–Crippen LogP) is 3.21. The molecule has 120 valence electrons. The van der Waals surface area contributed by atoms with Crippen molar-refractivity contribution in [3.05, 3.63) is 29.8 Å². The lowest BCUT2D eigenvalue weighted by Crippen LogP contribution is -2.46. The van der Waals surface area contributed by atoms with Gasteiger partial charge >= 0.3 is 0 Å². The number of rotatable bonds is 8. The van der Waals surface area contributed by atoms with E-state index in [0.29, 0.717) is 4.90 Å². The normalized spacial score (nSPS) is 14.1.